The van der Waals surface area contributed by atoms with Crippen molar-refractivity contribution in [3.8, 4) is 0 Å². The second kappa shape index (κ2) is 6.51. The van der Waals surface area contributed by atoms with Crippen LogP contribution in [0, 0.1) is 40.5 Å². The molecule has 24 heavy (non-hydrogen) atoms. The number of aldehydes is 1. The van der Waals surface area contributed by atoms with Gasteiger partial charge in [0, 0.05) is 13.0 Å². The molecule has 132 valence electrons. The van der Waals surface area contributed by atoms with E-state index in [9.17, 15) is 27.2 Å². The van der Waals surface area contributed by atoms with Crippen LogP contribution in [0.15, 0.2) is 0 Å². The summed E-state index contributed by atoms with van der Waals surface area (Å²) < 4.78 is 64.6. The van der Waals surface area contributed by atoms with Crippen molar-refractivity contribution < 1.29 is 36.6 Å². The molecule has 0 amide bonds. The van der Waals surface area contributed by atoms with E-state index in [-0.39, 0.29) is 0 Å². The van der Waals surface area contributed by atoms with Crippen molar-refractivity contribution in [2.24, 2.45) is 17.3 Å². The van der Waals surface area contributed by atoms with Crippen LogP contribution in [0.3, 0.4) is 0 Å². The van der Waals surface area contributed by atoms with Gasteiger partial charge in [0.15, 0.2) is 23.3 Å². The number of rotatable bonds is 6. The summed E-state index contributed by atoms with van der Waals surface area (Å²) in [6.45, 7) is 1.70. The molecule has 2 atom stereocenters. The fraction of sp³-hybridized carbons (Fsp3) is 0.500. The van der Waals surface area contributed by atoms with Gasteiger partial charge in [0.2, 0.25) is 0 Å². The van der Waals surface area contributed by atoms with Gasteiger partial charge in [-0.25, -0.2) is 17.6 Å². The fourth-order valence-corrected chi connectivity index (χ4v) is 2.74. The molecule has 1 aromatic rings. The lowest BCUT2D eigenvalue weighted by molar-refractivity contribution is -0.148. The van der Waals surface area contributed by atoms with E-state index in [1.807, 2.05) is 0 Å². The zero-order valence-corrected chi connectivity index (χ0v) is 13.3. The second-order valence-corrected chi connectivity index (χ2v) is 6.21. The molecule has 1 saturated carbocycles. The number of hydrogen-bond acceptors (Lipinski definition) is 4. The molecular weight excluding hydrogens is 332 g/mol. The number of carbonyl (C=O) groups excluding carboxylic acids is 2. The van der Waals surface area contributed by atoms with Crippen LogP contribution in [0.4, 0.5) is 17.6 Å². The summed E-state index contributed by atoms with van der Waals surface area (Å²) in [7, 11) is 1.12. The molecule has 0 heterocycles. The van der Waals surface area contributed by atoms with Gasteiger partial charge in [0.25, 0.3) is 0 Å². The zero-order chi connectivity index (χ0) is 18.2. The molecule has 8 heteroatoms. The number of ether oxygens (including phenoxy) is 2. The summed E-state index contributed by atoms with van der Waals surface area (Å²) in [6, 6.07) is 0. The Morgan fingerprint density at radius 3 is 1.88 bits per heavy atom. The molecule has 0 bridgehead atoms. The first-order valence-corrected chi connectivity index (χ1v) is 7.13. The minimum absolute atomic E-state index is 0.558. The maximum atomic E-state index is 13.9. The monoisotopic (exact) mass is 348 g/mol. The lowest BCUT2D eigenvalue weighted by Gasteiger charge is -2.12. The van der Waals surface area contributed by atoms with Crippen molar-refractivity contribution in [3.05, 3.63) is 34.4 Å². The minimum atomic E-state index is -1.64. The van der Waals surface area contributed by atoms with Crippen molar-refractivity contribution in [2.75, 3.05) is 7.11 Å². The number of halogens is 4. The van der Waals surface area contributed by atoms with Gasteiger partial charge < -0.3 is 14.3 Å². The predicted octanol–water partition coefficient (Wildman–Crippen LogP) is 2.90. The van der Waals surface area contributed by atoms with Gasteiger partial charge in [-0.15, -0.1) is 0 Å². The molecule has 0 aromatic heterocycles. The van der Waals surface area contributed by atoms with Crippen LogP contribution < -0.4 is 0 Å². The van der Waals surface area contributed by atoms with Gasteiger partial charge in [-0.2, -0.15) is 0 Å². The Hall–Kier alpha value is -1.96. The molecule has 2 unspecified atom stereocenters. The van der Waals surface area contributed by atoms with Gasteiger partial charge in [0.05, 0.1) is 23.7 Å². The molecule has 1 aromatic carbocycles. The van der Waals surface area contributed by atoms with Crippen LogP contribution in [0.1, 0.15) is 25.0 Å². The highest BCUT2D eigenvalue weighted by molar-refractivity contribution is 5.84. The molecule has 2 rings (SSSR count). The summed E-state index contributed by atoms with van der Waals surface area (Å²) >= 11 is 0. The molecule has 1 aliphatic carbocycles. The van der Waals surface area contributed by atoms with Crippen molar-refractivity contribution in [2.45, 2.75) is 27.1 Å². The first kappa shape index (κ1) is 18.4. The average Bonchev–Trinajstić information content (AvgIpc) is 3.10. The third-order valence-electron chi connectivity index (χ3n) is 4.40. The Bertz CT molecular complexity index is 658. The van der Waals surface area contributed by atoms with Crippen LogP contribution in [0.25, 0.3) is 0 Å². The van der Waals surface area contributed by atoms with Crippen LogP contribution in [0.5, 0.6) is 0 Å². The van der Waals surface area contributed by atoms with Crippen molar-refractivity contribution in [1.29, 1.82) is 0 Å². The van der Waals surface area contributed by atoms with E-state index in [4.69, 9.17) is 4.74 Å². The molecule has 0 spiro atoms. The Kier molecular flexibility index (Phi) is 4.98. The Balaban J connectivity index is 2.19. The van der Waals surface area contributed by atoms with Crippen LogP contribution in [-0.2, 0) is 32.3 Å². The fourth-order valence-electron chi connectivity index (χ4n) is 2.74. The third kappa shape index (κ3) is 2.90. The molecule has 0 N–H and O–H groups in total. The highest BCUT2D eigenvalue weighted by Crippen LogP contribution is 2.57. The summed E-state index contributed by atoms with van der Waals surface area (Å²) in [5, 5.41) is 0. The van der Waals surface area contributed by atoms with Gasteiger partial charge in [-0.3, -0.25) is 4.79 Å². The minimum Gasteiger partial charge on any atom is -0.460 e. The number of methoxy groups -OCH3 is 1. The number of esters is 1. The topological polar surface area (TPSA) is 52.6 Å². The van der Waals surface area contributed by atoms with Gasteiger partial charge in [-0.1, -0.05) is 13.8 Å². The van der Waals surface area contributed by atoms with E-state index >= 15 is 0 Å². The lowest BCUT2D eigenvalue weighted by atomic mass is 10.1. The average molecular weight is 348 g/mol. The summed E-state index contributed by atoms with van der Waals surface area (Å²) in [4.78, 5) is 22.7. The third-order valence-corrected chi connectivity index (χ3v) is 4.40. The maximum Gasteiger partial charge on any atom is 0.310 e. The predicted molar refractivity (Wildman–Crippen MR) is 73.6 cm³/mol. The Morgan fingerprint density at radius 1 is 1.04 bits per heavy atom. The smallest absolute Gasteiger partial charge is 0.310 e. The van der Waals surface area contributed by atoms with Crippen LogP contribution >= 0.6 is 0 Å². The van der Waals surface area contributed by atoms with E-state index in [1.165, 1.54) is 0 Å². The van der Waals surface area contributed by atoms with Crippen molar-refractivity contribution >= 4 is 12.3 Å². The van der Waals surface area contributed by atoms with E-state index in [0.717, 1.165) is 7.11 Å². The Labute approximate surface area is 135 Å². The van der Waals surface area contributed by atoms with Crippen molar-refractivity contribution in [3.63, 3.8) is 0 Å². The standard InChI is InChI=1S/C16H16F4O4/c1-16(2)9(4-21)10(16)15(22)24-6-8-13(19)11(17)7(5-23-3)12(18)14(8)20/h4,9-10H,5-6H2,1-3H3. The van der Waals surface area contributed by atoms with Crippen LogP contribution in [-0.4, -0.2) is 19.4 Å². The second-order valence-electron chi connectivity index (χ2n) is 6.21. The largest absolute Gasteiger partial charge is 0.460 e. The molecule has 0 radical (unpaired) electrons. The number of carbonyl (C=O) groups is 2. The summed E-state index contributed by atoms with van der Waals surface area (Å²) in [5.41, 5.74) is -2.53. The summed E-state index contributed by atoms with van der Waals surface area (Å²) in [6.07, 6.45) is 0.603. The SMILES string of the molecule is COCc1c(F)c(F)c(COC(=O)C2C(C=O)C2(C)C)c(F)c1F. The van der Waals surface area contributed by atoms with E-state index in [2.05, 4.69) is 4.74 Å². The molecule has 1 aliphatic rings. The van der Waals surface area contributed by atoms with Gasteiger partial charge >= 0.3 is 5.97 Å². The molecule has 1 fully saturated rings. The molecular formula is C16H16F4O4. The quantitative estimate of drug-likeness (QED) is 0.343. The van der Waals surface area contributed by atoms with E-state index in [0.29, 0.717) is 6.29 Å². The van der Waals surface area contributed by atoms with E-state index in [1.54, 1.807) is 13.8 Å². The first-order chi connectivity index (χ1) is 11.2. The summed E-state index contributed by atoms with van der Waals surface area (Å²) in [5.74, 6) is -8.64. The molecule has 4 nitrogen and oxygen atoms in total. The van der Waals surface area contributed by atoms with Crippen molar-refractivity contribution in [1.82, 2.24) is 0 Å². The number of benzene rings is 1. The first-order valence-electron chi connectivity index (χ1n) is 7.13. The highest BCUT2D eigenvalue weighted by atomic mass is 19.2. The lowest BCUT2D eigenvalue weighted by Crippen LogP contribution is -2.15. The molecule has 0 saturated heterocycles. The van der Waals surface area contributed by atoms with Gasteiger partial charge in [0.1, 0.15) is 12.9 Å². The number of hydrogen-bond donors (Lipinski definition) is 0. The normalized spacial score (nSPS) is 21.5. The molecule has 0 aliphatic heterocycles. The van der Waals surface area contributed by atoms with Gasteiger partial charge in [-0.05, 0) is 5.41 Å². The maximum absolute atomic E-state index is 13.9. The van der Waals surface area contributed by atoms with E-state index < -0.39 is 70.8 Å². The van der Waals surface area contributed by atoms with Crippen LogP contribution in [0.2, 0.25) is 0 Å². The highest BCUT2D eigenvalue weighted by Gasteiger charge is 2.62. The zero-order valence-electron chi connectivity index (χ0n) is 13.3. The Morgan fingerprint density at radius 2 is 1.50 bits per heavy atom.